The average molecular weight is 249 g/mol. The van der Waals surface area contributed by atoms with Gasteiger partial charge in [0.15, 0.2) is 23.2 Å². The zero-order valence-electron chi connectivity index (χ0n) is 9.05. The molecule has 0 aliphatic rings. The minimum atomic E-state index is -1.80. The first kappa shape index (κ1) is 13.3. The van der Waals surface area contributed by atoms with Gasteiger partial charge in [-0.05, 0) is 19.1 Å². The molecule has 0 spiro atoms. The van der Waals surface area contributed by atoms with Gasteiger partial charge in [0.05, 0.1) is 0 Å². The van der Waals surface area contributed by atoms with Crippen LogP contribution < -0.4 is 5.32 Å². The van der Waals surface area contributed by atoms with Crippen LogP contribution >= 0.6 is 0 Å². The molecule has 2 N–H and O–H groups in total. The Hall–Kier alpha value is -1.76. The molecule has 1 amide bonds. The standard InChI is InChI=1S/C10H10F3NO3/c1-10(17-2,14-9(15)16)5-3-4-6(11)8(13)7(5)12/h3-4,14H,1-2H3,(H,15,16). The third-order valence-electron chi connectivity index (χ3n) is 2.30. The summed E-state index contributed by atoms with van der Waals surface area (Å²) in [6, 6.07) is 1.60. The van der Waals surface area contributed by atoms with E-state index in [4.69, 9.17) is 9.84 Å². The van der Waals surface area contributed by atoms with Crippen molar-refractivity contribution >= 4 is 6.09 Å². The van der Waals surface area contributed by atoms with Gasteiger partial charge >= 0.3 is 6.09 Å². The van der Waals surface area contributed by atoms with Crippen LogP contribution in [-0.4, -0.2) is 18.3 Å². The first-order valence-corrected chi connectivity index (χ1v) is 4.52. The SMILES string of the molecule is COC(C)(NC(=O)O)c1ccc(F)c(F)c1F. The van der Waals surface area contributed by atoms with Crippen molar-refractivity contribution in [3.8, 4) is 0 Å². The lowest BCUT2D eigenvalue weighted by Gasteiger charge is -2.28. The minimum Gasteiger partial charge on any atom is -0.465 e. The zero-order valence-corrected chi connectivity index (χ0v) is 9.05. The molecule has 0 radical (unpaired) electrons. The molecule has 0 aliphatic carbocycles. The lowest BCUT2D eigenvalue weighted by Crippen LogP contribution is -2.45. The lowest BCUT2D eigenvalue weighted by atomic mass is 10.0. The lowest BCUT2D eigenvalue weighted by molar-refractivity contribution is -0.0265. The molecule has 0 heterocycles. The summed E-state index contributed by atoms with van der Waals surface area (Å²) in [5.41, 5.74) is -2.24. The average Bonchev–Trinajstić information content (AvgIpc) is 2.24. The predicted octanol–water partition coefficient (Wildman–Crippen LogP) is 2.19. The van der Waals surface area contributed by atoms with Crippen LogP contribution in [0.25, 0.3) is 0 Å². The number of hydrogen-bond acceptors (Lipinski definition) is 2. The summed E-state index contributed by atoms with van der Waals surface area (Å²) in [4.78, 5) is 10.5. The molecule has 94 valence electrons. The minimum absolute atomic E-state index is 0.443. The Kier molecular flexibility index (Phi) is 3.62. The van der Waals surface area contributed by atoms with Crippen molar-refractivity contribution < 1.29 is 27.8 Å². The fourth-order valence-electron chi connectivity index (χ4n) is 1.33. The first-order chi connectivity index (χ1) is 7.81. The van der Waals surface area contributed by atoms with Crippen LogP contribution in [-0.2, 0) is 10.5 Å². The van der Waals surface area contributed by atoms with E-state index in [2.05, 4.69) is 0 Å². The van der Waals surface area contributed by atoms with Gasteiger partial charge in [0.1, 0.15) is 0 Å². The van der Waals surface area contributed by atoms with E-state index < -0.39 is 34.8 Å². The number of methoxy groups -OCH3 is 1. The van der Waals surface area contributed by atoms with E-state index in [1.54, 1.807) is 0 Å². The molecule has 1 aromatic carbocycles. The van der Waals surface area contributed by atoms with E-state index in [-0.39, 0.29) is 0 Å². The molecule has 4 nitrogen and oxygen atoms in total. The molecule has 1 atom stereocenters. The van der Waals surface area contributed by atoms with Gasteiger partial charge in [0, 0.05) is 12.7 Å². The molecular weight excluding hydrogens is 239 g/mol. The quantitative estimate of drug-likeness (QED) is 0.637. The fourth-order valence-corrected chi connectivity index (χ4v) is 1.33. The van der Waals surface area contributed by atoms with E-state index in [1.165, 1.54) is 6.92 Å². The smallest absolute Gasteiger partial charge is 0.407 e. The van der Waals surface area contributed by atoms with Crippen LogP contribution in [0.5, 0.6) is 0 Å². The van der Waals surface area contributed by atoms with Crippen molar-refractivity contribution in [2.45, 2.75) is 12.6 Å². The van der Waals surface area contributed by atoms with Gasteiger partial charge in [-0.25, -0.2) is 18.0 Å². The molecule has 7 heteroatoms. The van der Waals surface area contributed by atoms with Gasteiger partial charge < -0.3 is 9.84 Å². The summed E-state index contributed by atoms with van der Waals surface area (Å²) in [6.07, 6.45) is -1.49. The van der Waals surface area contributed by atoms with Gasteiger partial charge in [-0.15, -0.1) is 0 Å². The van der Waals surface area contributed by atoms with Gasteiger partial charge in [0.2, 0.25) is 0 Å². The Bertz CT molecular complexity index is 453. The van der Waals surface area contributed by atoms with Crippen LogP contribution in [0.2, 0.25) is 0 Å². The number of carboxylic acid groups (broad SMARTS) is 1. The third-order valence-corrected chi connectivity index (χ3v) is 2.30. The summed E-state index contributed by atoms with van der Waals surface area (Å²) in [5, 5.41) is 10.4. The molecule has 17 heavy (non-hydrogen) atoms. The topological polar surface area (TPSA) is 58.6 Å². The number of amides is 1. The van der Waals surface area contributed by atoms with E-state index in [0.29, 0.717) is 6.07 Å². The second kappa shape index (κ2) is 4.62. The number of halogens is 3. The number of hydrogen-bond donors (Lipinski definition) is 2. The highest BCUT2D eigenvalue weighted by Gasteiger charge is 2.33. The van der Waals surface area contributed by atoms with Gasteiger partial charge in [-0.2, -0.15) is 0 Å². The Morgan fingerprint density at radius 2 is 1.94 bits per heavy atom. The van der Waals surface area contributed by atoms with E-state index >= 15 is 0 Å². The second-order valence-corrected chi connectivity index (χ2v) is 3.39. The predicted molar refractivity (Wildman–Crippen MR) is 51.8 cm³/mol. The first-order valence-electron chi connectivity index (χ1n) is 4.52. The van der Waals surface area contributed by atoms with E-state index in [0.717, 1.165) is 13.2 Å². The molecule has 1 unspecified atom stereocenters. The highest BCUT2D eigenvalue weighted by molar-refractivity contribution is 5.65. The number of rotatable bonds is 3. The molecule has 0 bridgehead atoms. The number of nitrogens with one attached hydrogen (secondary N) is 1. The normalized spacial score (nSPS) is 14.2. The Morgan fingerprint density at radius 3 is 2.41 bits per heavy atom. The Balaban J connectivity index is 3.30. The Morgan fingerprint density at radius 1 is 1.35 bits per heavy atom. The van der Waals surface area contributed by atoms with Crippen LogP contribution in [0.1, 0.15) is 12.5 Å². The van der Waals surface area contributed by atoms with Crippen molar-refractivity contribution in [3.63, 3.8) is 0 Å². The number of ether oxygens (including phenoxy) is 1. The maximum absolute atomic E-state index is 13.5. The summed E-state index contributed by atoms with van der Waals surface area (Å²) in [5.74, 6) is -4.54. The van der Waals surface area contributed by atoms with E-state index in [1.807, 2.05) is 5.32 Å². The van der Waals surface area contributed by atoms with Crippen molar-refractivity contribution in [2.75, 3.05) is 7.11 Å². The summed E-state index contributed by atoms with van der Waals surface area (Å²) < 4.78 is 44.0. The maximum atomic E-state index is 13.5. The molecule has 0 saturated carbocycles. The highest BCUT2D eigenvalue weighted by Crippen LogP contribution is 2.26. The molecule has 0 saturated heterocycles. The number of benzene rings is 1. The van der Waals surface area contributed by atoms with Crippen LogP contribution in [0.4, 0.5) is 18.0 Å². The third kappa shape index (κ3) is 2.50. The molecule has 0 fully saturated rings. The molecule has 0 aliphatic heterocycles. The second-order valence-electron chi connectivity index (χ2n) is 3.39. The maximum Gasteiger partial charge on any atom is 0.407 e. The Labute approximate surface area is 95.0 Å². The van der Waals surface area contributed by atoms with Crippen molar-refractivity contribution in [3.05, 3.63) is 35.1 Å². The van der Waals surface area contributed by atoms with Gasteiger partial charge in [-0.1, -0.05) is 0 Å². The van der Waals surface area contributed by atoms with Crippen molar-refractivity contribution in [2.24, 2.45) is 0 Å². The number of carbonyl (C=O) groups is 1. The largest absolute Gasteiger partial charge is 0.465 e. The van der Waals surface area contributed by atoms with Crippen molar-refractivity contribution in [1.82, 2.24) is 5.32 Å². The summed E-state index contributed by atoms with van der Waals surface area (Å²) in [7, 11) is 1.11. The van der Waals surface area contributed by atoms with Crippen LogP contribution in [0.15, 0.2) is 12.1 Å². The molecular formula is C10H10F3NO3. The molecule has 1 rings (SSSR count). The van der Waals surface area contributed by atoms with Crippen molar-refractivity contribution in [1.29, 1.82) is 0 Å². The van der Waals surface area contributed by atoms with E-state index in [9.17, 15) is 18.0 Å². The monoisotopic (exact) mass is 249 g/mol. The van der Waals surface area contributed by atoms with Crippen LogP contribution in [0, 0.1) is 17.5 Å². The summed E-state index contributed by atoms with van der Waals surface area (Å²) >= 11 is 0. The van der Waals surface area contributed by atoms with Crippen LogP contribution in [0.3, 0.4) is 0 Å². The van der Waals surface area contributed by atoms with Gasteiger partial charge in [-0.3, -0.25) is 5.32 Å². The fraction of sp³-hybridized carbons (Fsp3) is 0.300. The highest BCUT2D eigenvalue weighted by atomic mass is 19.2. The van der Waals surface area contributed by atoms with Gasteiger partial charge in [0.25, 0.3) is 0 Å². The zero-order chi connectivity index (χ0) is 13.2. The molecule has 0 aromatic heterocycles. The molecule has 1 aromatic rings. The summed E-state index contributed by atoms with van der Waals surface area (Å²) in [6.45, 7) is 1.18.